The highest BCUT2D eigenvalue weighted by atomic mass is 32.1. The maximum Gasteiger partial charge on any atom is 0.348 e. The van der Waals surface area contributed by atoms with Crippen molar-refractivity contribution >= 4 is 33.1 Å². The first-order valence-electron chi connectivity index (χ1n) is 6.95. The lowest BCUT2D eigenvalue weighted by atomic mass is 10.0. The maximum absolute atomic E-state index is 12.1. The largest absolute Gasteiger partial charge is 0.462 e. The van der Waals surface area contributed by atoms with Crippen molar-refractivity contribution in [2.24, 2.45) is 0 Å². The lowest BCUT2D eigenvalue weighted by Gasteiger charge is -2.03. The average molecular weight is 307 g/mol. The molecule has 1 heterocycles. The molecule has 112 valence electrons. The van der Waals surface area contributed by atoms with E-state index in [1.807, 2.05) is 0 Å². The second-order valence-electron chi connectivity index (χ2n) is 4.67. The van der Waals surface area contributed by atoms with Gasteiger partial charge in [-0.05, 0) is 31.4 Å². The molecule has 0 spiro atoms. The summed E-state index contributed by atoms with van der Waals surface area (Å²) in [6.45, 7) is 4.16. The Balaban J connectivity index is 2.56. The Bertz CT molecular complexity index is 678. The number of ether oxygens (including phenoxy) is 1. The van der Waals surface area contributed by atoms with Gasteiger partial charge in [-0.15, -0.1) is 11.3 Å². The van der Waals surface area contributed by atoms with Crippen LogP contribution in [-0.4, -0.2) is 17.5 Å². The third kappa shape index (κ3) is 3.21. The third-order valence-electron chi connectivity index (χ3n) is 3.23. The van der Waals surface area contributed by atoms with Crippen LogP contribution in [0.5, 0.6) is 0 Å². The Morgan fingerprint density at radius 2 is 2.14 bits per heavy atom. The predicted octanol–water partition coefficient (Wildman–Crippen LogP) is 4.33. The Kier molecular flexibility index (Phi) is 4.90. The number of thiophene rings is 1. The molecule has 0 aliphatic rings. The summed E-state index contributed by atoms with van der Waals surface area (Å²) in [4.78, 5) is 23.2. The number of carbonyl (C=O) groups excluding carboxylic acids is 1. The zero-order valence-corrected chi connectivity index (χ0v) is 12.9. The number of hydrogen-bond acceptors (Lipinski definition) is 5. The number of nitro benzene ring substituents is 1. The molecule has 0 unspecified atom stereocenters. The van der Waals surface area contributed by atoms with Crippen LogP contribution in [0, 0.1) is 10.1 Å². The van der Waals surface area contributed by atoms with Crippen LogP contribution < -0.4 is 0 Å². The first-order chi connectivity index (χ1) is 10.1. The van der Waals surface area contributed by atoms with Crippen LogP contribution in [0.3, 0.4) is 0 Å². The van der Waals surface area contributed by atoms with Crippen LogP contribution in [0.15, 0.2) is 18.2 Å². The van der Waals surface area contributed by atoms with Gasteiger partial charge in [-0.2, -0.15) is 0 Å². The Morgan fingerprint density at radius 1 is 1.38 bits per heavy atom. The summed E-state index contributed by atoms with van der Waals surface area (Å²) in [6, 6.07) is 4.73. The third-order valence-corrected chi connectivity index (χ3v) is 4.42. The standard InChI is InChI=1S/C15H17NO4S/c1-3-5-6-11-12-9-10(16(18)19)7-8-13(12)21-14(11)15(17)20-4-2/h7-9H,3-6H2,1-2H3. The van der Waals surface area contributed by atoms with Crippen molar-refractivity contribution in [2.75, 3.05) is 6.61 Å². The fourth-order valence-corrected chi connectivity index (χ4v) is 3.34. The molecule has 2 rings (SSSR count). The molecule has 21 heavy (non-hydrogen) atoms. The lowest BCUT2D eigenvalue weighted by molar-refractivity contribution is -0.384. The van der Waals surface area contributed by atoms with Crippen molar-refractivity contribution in [1.29, 1.82) is 0 Å². The minimum atomic E-state index is -0.412. The van der Waals surface area contributed by atoms with Gasteiger partial charge in [0.25, 0.3) is 5.69 Å². The van der Waals surface area contributed by atoms with Gasteiger partial charge in [0.1, 0.15) is 4.88 Å². The highest BCUT2D eigenvalue weighted by molar-refractivity contribution is 7.21. The number of carbonyl (C=O) groups is 1. The van der Waals surface area contributed by atoms with E-state index in [0.717, 1.165) is 34.9 Å². The van der Waals surface area contributed by atoms with E-state index in [1.54, 1.807) is 19.1 Å². The number of non-ortho nitro benzene ring substituents is 1. The SMILES string of the molecule is CCCCc1c(C(=O)OCC)sc2ccc([N+](=O)[O-])cc12. The summed E-state index contributed by atoms with van der Waals surface area (Å²) in [7, 11) is 0. The van der Waals surface area contributed by atoms with Crippen LogP contribution >= 0.6 is 11.3 Å². The summed E-state index contributed by atoms with van der Waals surface area (Å²) in [6.07, 6.45) is 2.65. The van der Waals surface area contributed by atoms with Crippen molar-refractivity contribution in [3.63, 3.8) is 0 Å². The molecule has 0 saturated carbocycles. The molecule has 0 aliphatic heterocycles. The molecule has 6 heteroatoms. The van der Waals surface area contributed by atoms with Crippen LogP contribution in [0.4, 0.5) is 5.69 Å². The molecule has 2 aromatic rings. The van der Waals surface area contributed by atoms with E-state index in [0.29, 0.717) is 11.5 Å². The lowest BCUT2D eigenvalue weighted by Crippen LogP contribution is -2.05. The summed E-state index contributed by atoms with van der Waals surface area (Å²) in [5.41, 5.74) is 0.924. The highest BCUT2D eigenvalue weighted by Crippen LogP contribution is 2.35. The molecule has 0 radical (unpaired) electrons. The minimum absolute atomic E-state index is 0.0495. The van der Waals surface area contributed by atoms with Crippen molar-refractivity contribution < 1.29 is 14.5 Å². The number of hydrogen-bond donors (Lipinski definition) is 0. The fraction of sp³-hybridized carbons (Fsp3) is 0.400. The summed E-state index contributed by atoms with van der Waals surface area (Å²) < 4.78 is 5.98. The van der Waals surface area contributed by atoms with Crippen molar-refractivity contribution in [1.82, 2.24) is 0 Å². The topological polar surface area (TPSA) is 69.4 Å². The Hall–Kier alpha value is -1.95. The number of nitrogens with zero attached hydrogens (tertiary/aromatic N) is 1. The van der Waals surface area contributed by atoms with E-state index in [9.17, 15) is 14.9 Å². The number of rotatable bonds is 6. The van der Waals surface area contributed by atoms with E-state index in [4.69, 9.17) is 4.74 Å². The van der Waals surface area contributed by atoms with Crippen LogP contribution in [-0.2, 0) is 11.2 Å². The number of nitro groups is 1. The minimum Gasteiger partial charge on any atom is -0.462 e. The maximum atomic E-state index is 12.1. The zero-order chi connectivity index (χ0) is 15.4. The average Bonchev–Trinajstić information content (AvgIpc) is 2.83. The van der Waals surface area contributed by atoms with E-state index in [-0.39, 0.29) is 11.7 Å². The van der Waals surface area contributed by atoms with Gasteiger partial charge in [-0.3, -0.25) is 10.1 Å². The number of benzene rings is 1. The first-order valence-corrected chi connectivity index (χ1v) is 7.77. The quantitative estimate of drug-likeness (QED) is 0.452. The molecule has 0 fully saturated rings. The zero-order valence-electron chi connectivity index (χ0n) is 12.0. The van der Waals surface area contributed by atoms with Gasteiger partial charge in [0, 0.05) is 22.2 Å². The molecule has 1 aromatic carbocycles. The molecule has 0 amide bonds. The van der Waals surface area contributed by atoms with E-state index >= 15 is 0 Å². The number of unbranched alkanes of at least 4 members (excludes halogenated alkanes) is 1. The van der Waals surface area contributed by atoms with Gasteiger partial charge in [-0.1, -0.05) is 13.3 Å². The molecule has 0 N–H and O–H groups in total. The molecule has 0 saturated heterocycles. The number of esters is 1. The van der Waals surface area contributed by atoms with Crippen molar-refractivity contribution in [2.45, 2.75) is 33.1 Å². The number of fused-ring (bicyclic) bond motifs is 1. The first kappa shape index (κ1) is 15.4. The molecule has 0 bridgehead atoms. The monoisotopic (exact) mass is 307 g/mol. The van der Waals surface area contributed by atoms with Crippen LogP contribution in [0.25, 0.3) is 10.1 Å². The molecule has 0 atom stereocenters. The van der Waals surface area contributed by atoms with E-state index in [1.165, 1.54) is 17.4 Å². The highest BCUT2D eigenvalue weighted by Gasteiger charge is 2.20. The number of aryl methyl sites for hydroxylation is 1. The summed E-state index contributed by atoms with van der Waals surface area (Å²) in [5.74, 6) is -0.340. The predicted molar refractivity (Wildman–Crippen MR) is 83.0 cm³/mol. The van der Waals surface area contributed by atoms with Gasteiger partial charge in [0.05, 0.1) is 11.5 Å². The smallest absolute Gasteiger partial charge is 0.348 e. The second kappa shape index (κ2) is 6.67. The fourth-order valence-electron chi connectivity index (χ4n) is 2.21. The molecule has 5 nitrogen and oxygen atoms in total. The Morgan fingerprint density at radius 3 is 2.76 bits per heavy atom. The Labute approximate surface area is 126 Å². The van der Waals surface area contributed by atoms with Gasteiger partial charge < -0.3 is 4.74 Å². The van der Waals surface area contributed by atoms with Crippen LogP contribution in [0.2, 0.25) is 0 Å². The molecule has 1 aromatic heterocycles. The van der Waals surface area contributed by atoms with Crippen LogP contribution in [0.1, 0.15) is 41.9 Å². The second-order valence-corrected chi connectivity index (χ2v) is 5.72. The van der Waals surface area contributed by atoms with Crippen molar-refractivity contribution in [3.05, 3.63) is 38.8 Å². The van der Waals surface area contributed by atoms with Gasteiger partial charge in [-0.25, -0.2) is 4.79 Å². The normalized spacial score (nSPS) is 10.8. The van der Waals surface area contributed by atoms with E-state index in [2.05, 4.69) is 6.92 Å². The van der Waals surface area contributed by atoms with Gasteiger partial charge in [0.15, 0.2) is 0 Å². The summed E-state index contributed by atoms with van der Waals surface area (Å²) >= 11 is 1.35. The van der Waals surface area contributed by atoms with Gasteiger partial charge in [0.2, 0.25) is 0 Å². The summed E-state index contributed by atoms with van der Waals surface area (Å²) in [5, 5.41) is 11.7. The van der Waals surface area contributed by atoms with E-state index < -0.39 is 4.92 Å². The molecular formula is C15H17NO4S. The van der Waals surface area contributed by atoms with Gasteiger partial charge >= 0.3 is 5.97 Å². The molecule has 0 aliphatic carbocycles. The molecular weight excluding hydrogens is 290 g/mol. The van der Waals surface area contributed by atoms with Crippen molar-refractivity contribution in [3.8, 4) is 0 Å².